The van der Waals surface area contributed by atoms with E-state index in [1.165, 1.54) is 17.0 Å². The molecular formula is C29H29Cl2NO6S. The van der Waals surface area contributed by atoms with Gasteiger partial charge in [-0.1, -0.05) is 72.9 Å². The molecule has 0 saturated carbocycles. The molecular weight excluding hydrogens is 561 g/mol. The summed E-state index contributed by atoms with van der Waals surface area (Å²) in [5.74, 6) is -1.55. The van der Waals surface area contributed by atoms with Crippen LogP contribution < -0.4 is 0 Å². The van der Waals surface area contributed by atoms with Crippen molar-refractivity contribution in [1.29, 1.82) is 0 Å². The second-order valence-electron chi connectivity index (χ2n) is 9.60. The number of hydrogen-bond donors (Lipinski definition) is 1. The number of carboxylic acids is 1. The van der Waals surface area contributed by atoms with Crippen molar-refractivity contribution in [2.45, 2.75) is 55.4 Å². The first-order chi connectivity index (χ1) is 18.5. The number of ether oxygens (including phenoxy) is 1. The smallest absolute Gasteiger partial charge is 0.326 e. The van der Waals surface area contributed by atoms with E-state index in [1.54, 1.807) is 60.7 Å². The zero-order chi connectivity index (χ0) is 28.3. The fourth-order valence-electron chi connectivity index (χ4n) is 4.89. The Hall–Kier alpha value is -2.91. The summed E-state index contributed by atoms with van der Waals surface area (Å²) in [4.78, 5) is 28.2. The van der Waals surface area contributed by atoms with E-state index in [1.807, 2.05) is 6.92 Å². The van der Waals surface area contributed by atoms with Crippen LogP contribution in [-0.2, 0) is 30.6 Å². The van der Waals surface area contributed by atoms with Gasteiger partial charge in [-0.3, -0.25) is 4.79 Å². The highest BCUT2D eigenvalue weighted by Gasteiger charge is 2.48. The minimum Gasteiger partial charge on any atom is -0.480 e. The summed E-state index contributed by atoms with van der Waals surface area (Å²) in [6.45, 7) is 1.87. The van der Waals surface area contributed by atoms with E-state index >= 15 is 0 Å². The lowest BCUT2D eigenvalue weighted by atomic mass is 9.88. The van der Waals surface area contributed by atoms with Crippen molar-refractivity contribution in [3.8, 4) is 0 Å². The van der Waals surface area contributed by atoms with Gasteiger partial charge >= 0.3 is 5.97 Å². The van der Waals surface area contributed by atoms with E-state index in [2.05, 4.69) is 0 Å². The Labute approximate surface area is 238 Å². The van der Waals surface area contributed by atoms with Crippen molar-refractivity contribution in [3.63, 3.8) is 0 Å². The van der Waals surface area contributed by atoms with Crippen LogP contribution in [0.2, 0.25) is 10.0 Å². The summed E-state index contributed by atoms with van der Waals surface area (Å²) in [5.41, 5.74) is 2.10. The molecule has 0 aromatic heterocycles. The van der Waals surface area contributed by atoms with Crippen molar-refractivity contribution in [3.05, 3.63) is 99.5 Å². The number of benzene rings is 3. The average Bonchev–Trinajstić information content (AvgIpc) is 2.89. The Morgan fingerprint density at radius 2 is 1.49 bits per heavy atom. The summed E-state index contributed by atoms with van der Waals surface area (Å²) >= 11 is 12.3. The van der Waals surface area contributed by atoms with Crippen LogP contribution in [0.4, 0.5) is 0 Å². The summed E-state index contributed by atoms with van der Waals surface area (Å²) < 4.78 is 30.3. The first kappa shape index (κ1) is 29.1. The lowest BCUT2D eigenvalue weighted by molar-refractivity contribution is -0.184. The summed E-state index contributed by atoms with van der Waals surface area (Å²) in [5, 5.41) is 11.3. The number of halogens is 2. The molecule has 1 N–H and O–H groups in total. The zero-order valence-electron chi connectivity index (χ0n) is 21.5. The van der Waals surface area contributed by atoms with Gasteiger partial charge < -0.3 is 14.7 Å². The van der Waals surface area contributed by atoms with Crippen LogP contribution in [-0.4, -0.2) is 48.7 Å². The number of rotatable bonds is 9. The molecule has 7 nitrogen and oxygen atoms in total. The molecule has 1 fully saturated rings. The van der Waals surface area contributed by atoms with E-state index < -0.39 is 46.0 Å². The monoisotopic (exact) mass is 589 g/mol. The fourth-order valence-corrected chi connectivity index (χ4v) is 5.77. The van der Waals surface area contributed by atoms with Gasteiger partial charge in [0, 0.05) is 22.7 Å². The number of morpholine rings is 1. The maximum atomic E-state index is 14.1. The first-order valence-electron chi connectivity index (χ1n) is 12.5. The molecule has 10 heteroatoms. The minimum absolute atomic E-state index is 0.134. The molecule has 206 valence electrons. The highest BCUT2D eigenvalue weighted by atomic mass is 35.5. The summed E-state index contributed by atoms with van der Waals surface area (Å²) in [6, 6.07) is 18.4. The molecule has 4 rings (SSSR count). The molecule has 1 amide bonds. The molecule has 4 atom stereocenters. The van der Waals surface area contributed by atoms with Gasteiger partial charge in [0.25, 0.3) is 5.91 Å². The molecule has 39 heavy (non-hydrogen) atoms. The number of carboxylic acid groups (broad SMARTS) is 1. The molecule has 0 bridgehead atoms. The Kier molecular flexibility index (Phi) is 9.01. The van der Waals surface area contributed by atoms with E-state index in [0.29, 0.717) is 27.6 Å². The normalized spacial score (nSPS) is 20.6. The van der Waals surface area contributed by atoms with Crippen molar-refractivity contribution < 1.29 is 27.9 Å². The van der Waals surface area contributed by atoms with Gasteiger partial charge in [-0.2, -0.15) is 0 Å². The van der Waals surface area contributed by atoms with Crippen LogP contribution >= 0.6 is 23.2 Å². The lowest BCUT2D eigenvalue weighted by Crippen LogP contribution is -2.57. The summed E-state index contributed by atoms with van der Waals surface area (Å²) in [6.07, 6.45) is 0.361. The topological polar surface area (TPSA) is 101 Å². The van der Waals surface area contributed by atoms with Gasteiger partial charge in [-0.25, -0.2) is 13.2 Å². The molecule has 0 unspecified atom stereocenters. The van der Waals surface area contributed by atoms with Crippen LogP contribution in [0, 0.1) is 0 Å². The molecule has 0 spiro atoms. The number of amides is 1. The number of carbonyl (C=O) groups is 2. The fraction of sp³-hybridized carbons (Fsp3) is 0.310. The third-order valence-corrected chi connectivity index (χ3v) is 8.43. The number of sulfone groups is 1. The number of carbonyl (C=O) groups excluding carboxylic acids is 1. The average molecular weight is 591 g/mol. The van der Waals surface area contributed by atoms with Crippen LogP contribution in [0.5, 0.6) is 0 Å². The molecule has 1 saturated heterocycles. The van der Waals surface area contributed by atoms with Gasteiger partial charge in [0.05, 0.1) is 10.9 Å². The quantitative estimate of drug-likeness (QED) is 0.333. The molecule has 0 aliphatic carbocycles. The van der Waals surface area contributed by atoms with Crippen molar-refractivity contribution >= 4 is 44.9 Å². The van der Waals surface area contributed by atoms with Crippen molar-refractivity contribution in [2.75, 3.05) is 6.26 Å². The van der Waals surface area contributed by atoms with Crippen molar-refractivity contribution in [1.82, 2.24) is 4.90 Å². The SMILES string of the molecule is CCC[C@H](C(=O)O)N1C(=O)[C@@H](Cc2ccc(S(C)(=O)=O)cc2)O[C@H](c2ccc(Cl)cc2)[C@@H]1c1ccc(Cl)cc1. The van der Waals surface area contributed by atoms with E-state index in [0.717, 1.165) is 11.8 Å². The molecule has 1 aliphatic rings. The highest BCUT2D eigenvalue weighted by Crippen LogP contribution is 2.44. The molecule has 1 aliphatic heterocycles. The van der Waals surface area contributed by atoms with Gasteiger partial charge in [0.15, 0.2) is 9.84 Å². The zero-order valence-corrected chi connectivity index (χ0v) is 23.8. The van der Waals surface area contributed by atoms with E-state index in [4.69, 9.17) is 27.9 Å². The summed E-state index contributed by atoms with van der Waals surface area (Å²) in [7, 11) is -3.38. The third-order valence-electron chi connectivity index (χ3n) is 6.79. The largest absolute Gasteiger partial charge is 0.480 e. The Bertz CT molecular complexity index is 1430. The van der Waals surface area contributed by atoms with E-state index in [-0.39, 0.29) is 17.7 Å². The van der Waals surface area contributed by atoms with Crippen LogP contribution in [0.1, 0.15) is 48.6 Å². The lowest BCUT2D eigenvalue weighted by Gasteiger charge is -2.47. The van der Waals surface area contributed by atoms with Gasteiger partial charge in [0.1, 0.15) is 18.2 Å². The number of hydrogen-bond acceptors (Lipinski definition) is 5. The molecule has 3 aromatic carbocycles. The minimum atomic E-state index is -3.38. The Morgan fingerprint density at radius 1 is 0.949 bits per heavy atom. The Balaban J connectivity index is 1.82. The molecule has 1 heterocycles. The maximum absolute atomic E-state index is 14.1. The first-order valence-corrected chi connectivity index (χ1v) is 15.1. The highest BCUT2D eigenvalue weighted by molar-refractivity contribution is 7.90. The van der Waals surface area contributed by atoms with E-state index in [9.17, 15) is 23.1 Å². The standard InChI is InChI=1S/C29H29Cl2NO6S/c1-3-4-24(29(34)35)32-26(19-7-11-21(30)12-8-19)27(20-9-13-22(31)14-10-20)38-25(28(32)33)17-18-5-15-23(16-6-18)39(2,36)37/h5-16,24-27H,3-4,17H2,1-2H3,(H,34,35)/t24-,25-,26+,27-/m1/s1. The van der Waals surface area contributed by atoms with Gasteiger partial charge in [-0.15, -0.1) is 0 Å². The third kappa shape index (κ3) is 6.64. The molecule has 3 aromatic rings. The Morgan fingerprint density at radius 3 is 1.97 bits per heavy atom. The van der Waals surface area contributed by atoms with Crippen LogP contribution in [0.25, 0.3) is 0 Å². The predicted molar refractivity (Wildman–Crippen MR) is 150 cm³/mol. The van der Waals surface area contributed by atoms with Crippen LogP contribution in [0.15, 0.2) is 77.7 Å². The second kappa shape index (κ2) is 12.1. The molecule has 0 radical (unpaired) electrons. The number of nitrogens with zero attached hydrogens (tertiary/aromatic N) is 1. The van der Waals surface area contributed by atoms with Crippen LogP contribution in [0.3, 0.4) is 0 Å². The second-order valence-corrected chi connectivity index (χ2v) is 12.5. The van der Waals surface area contributed by atoms with Crippen molar-refractivity contribution in [2.24, 2.45) is 0 Å². The van der Waals surface area contributed by atoms with Gasteiger partial charge in [-0.05, 0) is 59.5 Å². The number of aliphatic carboxylic acids is 1. The van der Waals surface area contributed by atoms with Gasteiger partial charge in [0.2, 0.25) is 0 Å². The predicted octanol–water partition coefficient (Wildman–Crippen LogP) is 5.90. The maximum Gasteiger partial charge on any atom is 0.326 e.